The molecule has 0 saturated heterocycles. The number of benzene rings is 1. The number of fused-ring (bicyclic) bond motifs is 1. The van der Waals surface area contributed by atoms with Crippen LogP contribution in [0.15, 0.2) is 18.2 Å². The number of para-hydroxylation sites is 1. The fraction of sp³-hybridized carbons (Fsp3) is 0.600. The van der Waals surface area contributed by atoms with Gasteiger partial charge in [0.05, 0.1) is 6.61 Å². The molecule has 1 aliphatic rings. The van der Waals surface area contributed by atoms with Crippen molar-refractivity contribution >= 4 is 11.6 Å². The molecule has 0 aliphatic carbocycles. The minimum Gasteiger partial charge on any atom is -0.493 e. The van der Waals surface area contributed by atoms with Crippen LogP contribution in [0, 0.1) is 5.41 Å². The number of aryl methyl sites for hydroxylation is 1. The van der Waals surface area contributed by atoms with Gasteiger partial charge in [-0.25, -0.2) is 0 Å². The molecule has 0 N–H and O–H groups in total. The Morgan fingerprint density at radius 2 is 2.12 bits per heavy atom. The smallest absolute Gasteiger partial charge is 0.125 e. The van der Waals surface area contributed by atoms with Gasteiger partial charge in [-0.1, -0.05) is 39.0 Å². The van der Waals surface area contributed by atoms with Crippen molar-refractivity contribution in [3.05, 3.63) is 29.3 Å². The van der Waals surface area contributed by atoms with E-state index in [1.165, 1.54) is 11.1 Å². The maximum Gasteiger partial charge on any atom is 0.125 e. The standard InChI is InChI=1S/C15H21ClO/c1-15(2,3)13(16)8-7-11-5-4-6-12-9-10-17-14(11)12/h4-6,13H,7-10H2,1-3H3. The van der Waals surface area contributed by atoms with Crippen molar-refractivity contribution in [1.29, 1.82) is 0 Å². The average molecular weight is 253 g/mol. The summed E-state index contributed by atoms with van der Waals surface area (Å²) in [5.41, 5.74) is 2.83. The number of rotatable bonds is 3. The van der Waals surface area contributed by atoms with E-state index in [1.807, 2.05) is 0 Å². The minimum absolute atomic E-state index is 0.167. The van der Waals surface area contributed by atoms with E-state index < -0.39 is 0 Å². The molecule has 0 aromatic heterocycles. The summed E-state index contributed by atoms with van der Waals surface area (Å²) in [6.45, 7) is 7.40. The van der Waals surface area contributed by atoms with Crippen LogP contribution in [-0.2, 0) is 12.8 Å². The predicted molar refractivity (Wildman–Crippen MR) is 73.1 cm³/mol. The van der Waals surface area contributed by atoms with E-state index in [9.17, 15) is 0 Å². The van der Waals surface area contributed by atoms with Crippen LogP contribution in [0.4, 0.5) is 0 Å². The van der Waals surface area contributed by atoms with Crippen molar-refractivity contribution < 1.29 is 4.74 Å². The Morgan fingerprint density at radius 1 is 1.35 bits per heavy atom. The Labute approximate surface area is 109 Å². The lowest BCUT2D eigenvalue weighted by Crippen LogP contribution is -2.21. The normalized spacial score (nSPS) is 16.5. The van der Waals surface area contributed by atoms with Gasteiger partial charge in [0.25, 0.3) is 0 Å². The molecule has 1 heterocycles. The summed E-state index contributed by atoms with van der Waals surface area (Å²) in [6, 6.07) is 6.45. The molecule has 2 heteroatoms. The number of hydrogen-bond donors (Lipinski definition) is 0. The van der Waals surface area contributed by atoms with Crippen molar-refractivity contribution in [2.75, 3.05) is 6.61 Å². The van der Waals surface area contributed by atoms with Gasteiger partial charge in [0.15, 0.2) is 0 Å². The molecular weight excluding hydrogens is 232 g/mol. The Morgan fingerprint density at radius 3 is 2.82 bits per heavy atom. The van der Waals surface area contributed by atoms with Gasteiger partial charge >= 0.3 is 0 Å². The summed E-state index contributed by atoms with van der Waals surface area (Å²) in [6.07, 6.45) is 3.06. The van der Waals surface area contributed by atoms with E-state index >= 15 is 0 Å². The second kappa shape index (κ2) is 4.89. The SMILES string of the molecule is CC(C)(C)C(Cl)CCc1cccc2c1OCC2. The van der Waals surface area contributed by atoms with Crippen molar-refractivity contribution in [2.24, 2.45) is 5.41 Å². The largest absolute Gasteiger partial charge is 0.493 e. The van der Waals surface area contributed by atoms with Crippen LogP contribution in [0.2, 0.25) is 0 Å². The molecule has 0 amide bonds. The van der Waals surface area contributed by atoms with Gasteiger partial charge in [-0.2, -0.15) is 0 Å². The van der Waals surface area contributed by atoms with Crippen LogP contribution in [0.3, 0.4) is 0 Å². The first-order chi connectivity index (χ1) is 7.98. The lowest BCUT2D eigenvalue weighted by Gasteiger charge is -2.25. The highest BCUT2D eigenvalue weighted by atomic mass is 35.5. The Kier molecular flexibility index (Phi) is 3.67. The van der Waals surface area contributed by atoms with Crippen LogP contribution in [0.1, 0.15) is 38.3 Å². The third-order valence-corrected chi connectivity index (χ3v) is 4.28. The quantitative estimate of drug-likeness (QED) is 0.733. The Hall–Kier alpha value is -0.690. The third kappa shape index (κ3) is 2.95. The van der Waals surface area contributed by atoms with E-state index in [0.29, 0.717) is 0 Å². The molecule has 0 spiro atoms. The molecule has 1 aliphatic heterocycles. The van der Waals surface area contributed by atoms with Crippen molar-refractivity contribution in [2.45, 2.75) is 45.4 Å². The first-order valence-corrected chi connectivity index (χ1v) is 6.80. The van der Waals surface area contributed by atoms with E-state index in [1.54, 1.807) is 0 Å². The maximum atomic E-state index is 6.42. The van der Waals surface area contributed by atoms with Crippen molar-refractivity contribution in [3.63, 3.8) is 0 Å². The zero-order valence-corrected chi connectivity index (χ0v) is 11.7. The van der Waals surface area contributed by atoms with Gasteiger partial charge in [-0.05, 0) is 29.4 Å². The first-order valence-electron chi connectivity index (χ1n) is 6.36. The molecule has 0 radical (unpaired) electrons. The van der Waals surface area contributed by atoms with Crippen LogP contribution < -0.4 is 4.74 Å². The van der Waals surface area contributed by atoms with Crippen molar-refractivity contribution in [1.82, 2.24) is 0 Å². The van der Waals surface area contributed by atoms with Gasteiger partial charge in [-0.3, -0.25) is 0 Å². The van der Waals surface area contributed by atoms with E-state index in [4.69, 9.17) is 16.3 Å². The fourth-order valence-electron chi connectivity index (χ4n) is 2.20. The summed E-state index contributed by atoms with van der Waals surface area (Å²) >= 11 is 6.42. The molecule has 1 unspecified atom stereocenters. The maximum absolute atomic E-state index is 6.42. The summed E-state index contributed by atoms with van der Waals surface area (Å²) in [7, 11) is 0. The molecule has 2 rings (SSSR count). The fourth-order valence-corrected chi connectivity index (χ4v) is 2.30. The monoisotopic (exact) mass is 252 g/mol. The number of halogens is 1. The molecule has 1 aromatic carbocycles. The molecule has 0 saturated carbocycles. The minimum atomic E-state index is 0.167. The zero-order chi connectivity index (χ0) is 12.5. The highest BCUT2D eigenvalue weighted by Crippen LogP contribution is 2.33. The van der Waals surface area contributed by atoms with Crippen LogP contribution >= 0.6 is 11.6 Å². The lowest BCUT2D eigenvalue weighted by atomic mass is 9.88. The van der Waals surface area contributed by atoms with E-state index in [2.05, 4.69) is 39.0 Å². The van der Waals surface area contributed by atoms with Crippen LogP contribution in [-0.4, -0.2) is 12.0 Å². The molecule has 1 nitrogen and oxygen atoms in total. The lowest BCUT2D eigenvalue weighted by molar-refractivity contribution is 0.349. The molecule has 17 heavy (non-hydrogen) atoms. The highest BCUT2D eigenvalue weighted by molar-refractivity contribution is 6.21. The van der Waals surface area contributed by atoms with Crippen LogP contribution in [0.25, 0.3) is 0 Å². The van der Waals surface area contributed by atoms with Gasteiger partial charge in [0, 0.05) is 11.8 Å². The molecular formula is C15H21ClO. The van der Waals surface area contributed by atoms with Gasteiger partial charge < -0.3 is 4.74 Å². The van der Waals surface area contributed by atoms with Gasteiger partial charge in [0.1, 0.15) is 5.75 Å². The second-order valence-electron chi connectivity index (χ2n) is 5.88. The van der Waals surface area contributed by atoms with Crippen LogP contribution in [0.5, 0.6) is 5.75 Å². The summed E-state index contributed by atoms with van der Waals surface area (Å²) in [4.78, 5) is 0. The van der Waals surface area contributed by atoms with Crippen molar-refractivity contribution in [3.8, 4) is 5.75 Å². The third-order valence-electron chi connectivity index (χ3n) is 3.40. The second-order valence-corrected chi connectivity index (χ2v) is 6.40. The highest BCUT2D eigenvalue weighted by Gasteiger charge is 2.23. The zero-order valence-electron chi connectivity index (χ0n) is 10.9. The summed E-state index contributed by atoms with van der Waals surface area (Å²) in [5, 5.41) is 0.208. The Balaban J connectivity index is 2.03. The predicted octanol–water partition coefficient (Wildman–Crippen LogP) is 4.21. The Bertz CT molecular complexity index is 392. The molecule has 94 valence electrons. The molecule has 0 fully saturated rings. The van der Waals surface area contributed by atoms with Gasteiger partial charge in [0.2, 0.25) is 0 Å². The number of hydrogen-bond acceptors (Lipinski definition) is 1. The van der Waals surface area contributed by atoms with E-state index in [-0.39, 0.29) is 10.8 Å². The van der Waals surface area contributed by atoms with Gasteiger partial charge in [-0.15, -0.1) is 11.6 Å². The molecule has 1 atom stereocenters. The summed E-state index contributed by atoms with van der Waals surface area (Å²) in [5.74, 6) is 1.12. The average Bonchev–Trinajstić information content (AvgIpc) is 2.72. The molecule has 0 bridgehead atoms. The topological polar surface area (TPSA) is 9.23 Å². The summed E-state index contributed by atoms with van der Waals surface area (Å²) < 4.78 is 5.70. The number of ether oxygens (including phenoxy) is 1. The molecule has 1 aromatic rings. The number of alkyl halides is 1. The van der Waals surface area contributed by atoms with E-state index in [0.717, 1.165) is 31.6 Å². The first kappa shape index (κ1) is 12.8.